The Balaban J connectivity index is 1.45. The fourth-order valence-electron chi connectivity index (χ4n) is 10.6. The third-order valence-corrected chi connectivity index (χ3v) is 17.6. The molecule has 20 atom stereocenters. The fourth-order valence-corrected chi connectivity index (χ4v) is 10.9. The Labute approximate surface area is 647 Å². The zero-order valence-electron chi connectivity index (χ0n) is 59.9. The van der Waals surface area contributed by atoms with Crippen LogP contribution in [0.25, 0.3) is 11.2 Å². The van der Waals surface area contributed by atoms with Crippen LogP contribution in [0.2, 0.25) is 0 Å². The van der Waals surface area contributed by atoms with Gasteiger partial charge in [0.1, 0.15) is 122 Å². The molecule has 1 saturated heterocycles. The summed E-state index contributed by atoms with van der Waals surface area (Å²) in [5.74, 6) is -21.4. The first-order chi connectivity index (χ1) is 53.6. The number of rotatable bonds is 49. The largest absolute Gasteiger partial charge is 0.481 e. The zero-order valence-corrected chi connectivity index (χ0v) is 60.8. The molecular weight excluding hydrogens is 1560 g/mol. The molecule has 114 heavy (non-hydrogen) atoms. The van der Waals surface area contributed by atoms with Crippen LogP contribution in [-0.2, 0) is 64.1 Å². The number of aliphatic hydroxyl groups is 16. The van der Waals surface area contributed by atoms with Gasteiger partial charge >= 0.3 is 23.9 Å². The van der Waals surface area contributed by atoms with Gasteiger partial charge in [0.05, 0.1) is 64.2 Å². The number of aliphatic hydroxyl groups excluding tert-OH is 16. The van der Waals surface area contributed by atoms with Gasteiger partial charge in [-0.2, -0.15) is 17.6 Å². The smallest absolute Gasteiger partial charge is 0.327 e. The average molecular weight is 1650 g/mol. The molecule has 52 heteroatoms. The minimum Gasteiger partial charge on any atom is -0.481 e. The van der Waals surface area contributed by atoms with Crippen molar-refractivity contribution in [2.24, 2.45) is 0 Å². The number of piperazine rings is 1. The lowest BCUT2D eigenvalue weighted by atomic mass is 9.98. The van der Waals surface area contributed by atoms with E-state index in [1.54, 1.807) is 10.2 Å². The Morgan fingerprint density at radius 1 is 0.491 bits per heavy atom. The van der Waals surface area contributed by atoms with Gasteiger partial charge in [0.2, 0.25) is 53.2 Å². The van der Waals surface area contributed by atoms with Gasteiger partial charge in [-0.25, -0.2) is 19.6 Å². The lowest BCUT2D eigenvalue weighted by Crippen LogP contribution is -2.65. The molecule has 0 saturated carbocycles. The highest BCUT2D eigenvalue weighted by atomic mass is 32.1. The molecule has 1 aliphatic heterocycles. The lowest BCUT2D eigenvalue weighted by Gasteiger charge is -2.35. The van der Waals surface area contributed by atoms with E-state index in [2.05, 4.69) is 48.5 Å². The summed E-state index contributed by atoms with van der Waals surface area (Å²) in [6.45, 7) is -6.42. The molecule has 3 heterocycles. The predicted molar refractivity (Wildman–Crippen MR) is 380 cm³/mol. The third kappa shape index (κ3) is 29.0. The summed E-state index contributed by atoms with van der Waals surface area (Å²) < 4.78 is 0. The summed E-state index contributed by atoms with van der Waals surface area (Å²) in [4.78, 5) is 201. The van der Waals surface area contributed by atoms with E-state index in [9.17, 15) is 169 Å². The number of hydrogen-bond donors (Lipinski definition) is 33. The summed E-state index contributed by atoms with van der Waals surface area (Å²) in [6, 6.07) is -13.2. The van der Waals surface area contributed by atoms with Gasteiger partial charge in [0, 0.05) is 62.7 Å². The number of benzene rings is 1. The van der Waals surface area contributed by atoms with Crippen molar-refractivity contribution in [1.82, 2.24) is 77.6 Å². The van der Waals surface area contributed by atoms with Gasteiger partial charge in [0.15, 0.2) is 11.2 Å². The number of hydrogen-bond acceptors (Lipinski definition) is 38. The first-order valence-electron chi connectivity index (χ1n) is 34.2. The molecule has 9 amide bonds. The molecule has 33 N–H and O–H groups in total. The quantitative estimate of drug-likeness (QED) is 0.0233. The standard InChI is InChI=1S/C62H93N17O34S/c63-62-76-51-42(59(109)77-62)67-25(16-66-51)15-65-24-3-1-23(2-4-24)52(102)68-26(60(110)111)5-6-34(88)72-39(48(99)44(95)31(85)19-81)56(106)69-27(13-36(90)91)53(103)74-38(47(98)43(94)30(84)18-80)55(105)64-7-8-78-9-11-79(12-10-78)17-35(89)73-40(49(100)45(96)32(86)20-82)57(107)70-28(14-37(92)93)54(104)75-41(50(101)46(97)33(87)21-83)58(108)71-29(22-114)61(112)113/h1-4,16,26-33,38-41,43-50,65,80-87,94-101,114H,5-15,17-22H2,(H,64,105)(H,68,102)(H,69,106)(H,70,107)(H,71,108)(H,72,88)(H,73,89)(H,74,103)(H,75,104)(H,90,91)(H,92,93)(H,110,111)(H,112,113)(H3,63,66,76,77,109)/t26-,27-,28-,29+,30+,31+,32+,33+,38-,39-,40-,41-,43+,44+,45+,46+,47+,48+,49+,50+/m0/s1. The van der Waals surface area contributed by atoms with Crippen LogP contribution >= 0.6 is 12.6 Å². The number of carboxylic acid groups (broad SMARTS) is 4. The SMILES string of the molecule is Nc1nc2ncc(CNc3ccc(C(=O)N[C@@H](CCC(=O)N[C@H](C(=O)N[C@@H](CC(=O)O)C(=O)N[C@H](C(=O)NCCN4CCN(CC(=O)N[C@H](C(=O)N[C@@H](CC(=O)O)C(=O)N[C@H](C(=O)N[C@H](CS)C(=O)O)[C@@H](O)[C@H](O)[C@H](O)CO)[C@@H](O)[C@H](O)[C@H](O)CO)CC4)[C@@H](O)[C@H](O)[C@H](O)CO)[C@@H](O)[C@H](O)[C@H](O)CO)C(=O)O)cc3)nc2c(=O)[nH]1. The van der Waals surface area contributed by atoms with Gasteiger partial charge in [-0.05, 0) is 30.7 Å². The van der Waals surface area contributed by atoms with Crippen molar-refractivity contribution in [2.45, 2.75) is 154 Å². The van der Waals surface area contributed by atoms with Crippen molar-refractivity contribution >= 4 is 112 Å². The number of nitrogens with one attached hydrogen (secondary N) is 11. The van der Waals surface area contributed by atoms with E-state index in [0.29, 0.717) is 11.4 Å². The minimum atomic E-state index is -2.68. The van der Waals surface area contributed by atoms with Crippen molar-refractivity contribution in [3.8, 4) is 0 Å². The number of nitrogen functional groups attached to an aromatic ring is 1. The Hall–Kier alpha value is -10.2. The number of fused-ring (bicyclic) bond motifs is 1. The summed E-state index contributed by atoms with van der Waals surface area (Å²) in [5.41, 5.74) is 5.41. The van der Waals surface area contributed by atoms with E-state index in [4.69, 9.17) is 5.73 Å². The number of nitrogens with two attached hydrogens (primary N) is 1. The van der Waals surface area contributed by atoms with Gasteiger partial charge in [-0.3, -0.25) is 72.3 Å². The summed E-state index contributed by atoms with van der Waals surface area (Å²) in [6.07, 6.45) is -32.8. The predicted octanol–water partition coefficient (Wildman–Crippen LogP) is -17.7. The highest BCUT2D eigenvalue weighted by Gasteiger charge is 2.45. The Kier molecular flexibility index (Phi) is 39.0. The molecule has 0 spiro atoms. The molecule has 3 aromatic rings. The highest BCUT2D eigenvalue weighted by Crippen LogP contribution is 2.17. The molecule has 1 fully saturated rings. The number of carboxylic acids is 4. The molecule has 1 aromatic carbocycles. The Morgan fingerprint density at radius 2 is 0.904 bits per heavy atom. The van der Waals surface area contributed by atoms with Crippen LogP contribution in [0.3, 0.4) is 0 Å². The van der Waals surface area contributed by atoms with E-state index in [1.165, 1.54) is 35.4 Å². The molecule has 2 aromatic heterocycles. The molecule has 0 unspecified atom stereocenters. The van der Waals surface area contributed by atoms with Crippen molar-refractivity contribution in [3.63, 3.8) is 0 Å². The van der Waals surface area contributed by atoms with Crippen molar-refractivity contribution in [2.75, 3.05) is 89.0 Å². The fraction of sp³-hybridized carbons (Fsp3) is 0.597. The zero-order chi connectivity index (χ0) is 85.7. The normalized spacial score (nSPS) is 17.9. The molecule has 1 aliphatic rings. The van der Waals surface area contributed by atoms with E-state index in [0.717, 1.165) is 0 Å². The first kappa shape index (κ1) is 96.2. The molecule has 0 radical (unpaired) electrons. The van der Waals surface area contributed by atoms with Crippen molar-refractivity contribution < 1.29 is 164 Å². The minimum absolute atomic E-state index is 0.00493. The number of nitrogens with zero attached hydrogens (tertiary/aromatic N) is 5. The second kappa shape index (κ2) is 46.2. The van der Waals surface area contributed by atoms with Crippen molar-refractivity contribution in [1.29, 1.82) is 0 Å². The molecule has 636 valence electrons. The molecular formula is C62H93N17O34S. The van der Waals surface area contributed by atoms with Crippen LogP contribution in [0.5, 0.6) is 0 Å². The number of carbonyl (C=O) groups is 13. The number of amides is 9. The molecule has 4 rings (SSSR count). The van der Waals surface area contributed by atoms with Gasteiger partial charge < -0.3 is 161 Å². The molecule has 0 bridgehead atoms. The third-order valence-electron chi connectivity index (χ3n) is 17.2. The average Bonchev–Trinajstić information content (AvgIpc) is 0.811. The van der Waals surface area contributed by atoms with Crippen LogP contribution < -0.4 is 64.5 Å². The van der Waals surface area contributed by atoms with Crippen LogP contribution in [0.4, 0.5) is 11.6 Å². The van der Waals surface area contributed by atoms with E-state index in [-0.39, 0.29) is 61.9 Å². The van der Waals surface area contributed by atoms with Gasteiger partial charge in [0.25, 0.3) is 11.5 Å². The molecule has 51 nitrogen and oxygen atoms in total. The maximum atomic E-state index is 14.0. The number of aromatic nitrogens is 4. The van der Waals surface area contributed by atoms with E-state index < -0.39 is 275 Å². The Morgan fingerprint density at radius 3 is 1.32 bits per heavy atom. The topological polar surface area (TPSA) is 851 Å². The number of aliphatic carboxylic acids is 4. The van der Waals surface area contributed by atoms with Crippen LogP contribution in [0.15, 0.2) is 35.3 Å². The van der Waals surface area contributed by atoms with E-state index >= 15 is 0 Å². The van der Waals surface area contributed by atoms with Gasteiger partial charge in [-0.15, -0.1) is 0 Å². The second-order valence-corrected chi connectivity index (χ2v) is 26.0. The van der Waals surface area contributed by atoms with E-state index in [1.807, 2.05) is 31.9 Å². The summed E-state index contributed by atoms with van der Waals surface area (Å²) >= 11 is 3.77. The number of thiol groups is 1. The number of carbonyl (C=O) groups excluding carboxylic acids is 9. The Bertz CT molecular complexity index is 3850. The number of aromatic amines is 1. The van der Waals surface area contributed by atoms with Crippen LogP contribution in [0, 0.1) is 0 Å². The summed E-state index contributed by atoms with van der Waals surface area (Å²) in [5, 5.41) is 225. The second-order valence-electron chi connectivity index (χ2n) is 25.6. The monoisotopic (exact) mass is 1650 g/mol. The highest BCUT2D eigenvalue weighted by molar-refractivity contribution is 7.80. The van der Waals surface area contributed by atoms with Gasteiger partial charge in [-0.1, -0.05) is 0 Å². The van der Waals surface area contributed by atoms with Crippen LogP contribution in [-0.4, -0.2) is 408 Å². The first-order valence-corrected chi connectivity index (χ1v) is 34.8. The summed E-state index contributed by atoms with van der Waals surface area (Å²) in [7, 11) is 0. The number of anilines is 2. The molecule has 0 aliphatic carbocycles. The lowest BCUT2D eigenvalue weighted by molar-refractivity contribution is -0.147. The maximum Gasteiger partial charge on any atom is 0.327 e. The van der Waals surface area contributed by atoms with Crippen LogP contribution in [0.1, 0.15) is 41.7 Å². The maximum absolute atomic E-state index is 14.0. The number of H-pyrrole nitrogens is 1. The van der Waals surface area contributed by atoms with Crippen molar-refractivity contribution in [3.05, 3.63) is 52.1 Å².